The Morgan fingerprint density at radius 3 is 2.62 bits per heavy atom. The van der Waals surface area contributed by atoms with Crippen LogP contribution in [0.15, 0.2) is 36.5 Å². The highest BCUT2D eigenvalue weighted by molar-refractivity contribution is 6.29. The van der Waals surface area contributed by atoms with Gasteiger partial charge in [0, 0.05) is 48.5 Å². The Hall–Kier alpha value is -3.06. The molecule has 32 heavy (non-hydrogen) atoms. The number of hydrogen-bond acceptors (Lipinski definition) is 4. The first-order valence-corrected chi connectivity index (χ1v) is 10.9. The molecule has 0 saturated heterocycles. The summed E-state index contributed by atoms with van der Waals surface area (Å²) < 4.78 is 7.33. The highest BCUT2D eigenvalue weighted by Crippen LogP contribution is 2.33. The zero-order valence-electron chi connectivity index (χ0n) is 19.0. The van der Waals surface area contributed by atoms with Crippen LogP contribution in [0.1, 0.15) is 37.6 Å². The summed E-state index contributed by atoms with van der Waals surface area (Å²) >= 11 is 6.04. The van der Waals surface area contributed by atoms with Gasteiger partial charge in [-0.2, -0.15) is 0 Å². The molecule has 3 heterocycles. The van der Waals surface area contributed by atoms with E-state index in [1.807, 2.05) is 45.9 Å². The molecule has 3 aromatic rings. The summed E-state index contributed by atoms with van der Waals surface area (Å²) in [6, 6.07) is 9.28. The van der Waals surface area contributed by atoms with Gasteiger partial charge in [0.15, 0.2) is 0 Å². The number of carbonyl (C=O) groups is 2. The Balaban J connectivity index is 1.76. The summed E-state index contributed by atoms with van der Waals surface area (Å²) in [5.41, 5.74) is 3.88. The molecule has 0 spiro atoms. The predicted molar refractivity (Wildman–Crippen MR) is 125 cm³/mol. The number of aromatic nitrogens is 2. The van der Waals surface area contributed by atoms with E-state index in [1.54, 1.807) is 39.7 Å². The first-order chi connectivity index (χ1) is 15.0. The zero-order valence-corrected chi connectivity index (χ0v) is 19.7. The van der Waals surface area contributed by atoms with Crippen LogP contribution in [0.2, 0.25) is 5.15 Å². The molecule has 0 aliphatic carbocycles. The number of nitrogens with zero attached hydrogens (tertiary/aromatic N) is 4. The maximum absolute atomic E-state index is 13.6. The molecule has 0 unspecified atom stereocenters. The standard InChI is InChI=1S/C24H27ClN4O3/c1-15-6-7-17-18-14-28(23(31)32-24(2,3)4)11-9-19(18)29(20(17)12-15)22(30)27(5)16-8-10-26-21(25)13-16/h6-8,10,12-13H,9,11,14H2,1-5H3. The van der Waals surface area contributed by atoms with Crippen molar-refractivity contribution in [3.8, 4) is 0 Å². The minimum atomic E-state index is -0.563. The van der Waals surface area contributed by atoms with Crippen molar-refractivity contribution >= 4 is 40.3 Å². The number of fused-ring (bicyclic) bond motifs is 3. The molecule has 7 nitrogen and oxygen atoms in total. The third-order valence-electron chi connectivity index (χ3n) is 5.53. The minimum absolute atomic E-state index is 0.185. The summed E-state index contributed by atoms with van der Waals surface area (Å²) in [7, 11) is 1.72. The number of halogens is 1. The molecule has 0 saturated carbocycles. The molecule has 8 heteroatoms. The summed E-state index contributed by atoms with van der Waals surface area (Å²) in [6.45, 7) is 8.45. The quantitative estimate of drug-likeness (QED) is 0.462. The Morgan fingerprint density at radius 2 is 1.94 bits per heavy atom. The van der Waals surface area contributed by atoms with Crippen molar-refractivity contribution in [1.82, 2.24) is 14.5 Å². The number of hydrogen-bond donors (Lipinski definition) is 0. The number of pyridine rings is 1. The second kappa shape index (κ2) is 8.13. The highest BCUT2D eigenvalue weighted by atomic mass is 35.5. The van der Waals surface area contributed by atoms with Crippen LogP contribution in [0.5, 0.6) is 0 Å². The first-order valence-electron chi connectivity index (χ1n) is 10.6. The van der Waals surface area contributed by atoms with Gasteiger partial charge in [-0.3, -0.25) is 9.47 Å². The number of aryl methyl sites for hydroxylation is 1. The van der Waals surface area contributed by atoms with Crippen LogP contribution in [-0.2, 0) is 17.7 Å². The monoisotopic (exact) mass is 454 g/mol. The number of carbonyl (C=O) groups excluding carboxylic acids is 2. The maximum Gasteiger partial charge on any atom is 0.410 e. The molecule has 168 valence electrons. The van der Waals surface area contributed by atoms with E-state index in [0.717, 1.165) is 27.7 Å². The zero-order chi connectivity index (χ0) is 23.2. The second-order valence-electron chi connectivity index (χ2n) is 9.11. The number of ether oxygens (including phenoxy) is 1. The van der Waals surface area contributed by atoms with Gasteiger partial charge < -0.3 is 9.64 Å². The predicted octanol–water partition coefficient (Wildman–Crippen LogP) is 5.40. The van der Waals surface area contributed by atoms with Crippen molar-refractivity contribution in [3.63, 3.8) is 0 Å². The van der Waals surface area contributed by atoms with Gasteiger partial charge in [-0.25, -0.2) is 14.6 Å². The number of amides is 2. The lowest BCUT2D eigenvalue weighted by molar-refractivity contribution is 0.0224. The van der Waals surface area contributed by atoms with Gasteiger partial charge in [-0.05, 0) is 51.5 Å². The van der Waals surface area contributed by atoms with Gasteiger partial charge in [0.25, 0.3) is 0 Å². The second-order valence-corrected chi connectivity index (χ2v) is 9.50. The summed E-state index contributed by atoms with van der Waals surface area (Å²) in [6.07, 6.45) is 1.79. The van der Waals surface area contributed by atoms with Crippen molar-refractivity contribution in [2.45, 2.75) is 46.3 Å². The summed E-state index contributed by atoms with van der Waals surface area (Å²) in [5.74, 6) is 0. The summed E-state index contributed by atoms with van der Waals surface area (Å²) in [5, 5.41) is 1.29. The van der Waals surface area contributed by atoms with Crippen LogP contribution in [0.25, 0.3) is 10.9 Å². The van der Waals surface area contributed by atoms with Crippen LogP contribution in [0.4, 0.5) is 15.3 Å². The summed E-state index contributed by atoms with van der Waals surface area (Å²) in [4.78, 5) is 33.6. The largest absolute Gasteiger partial charge is 0.444 e. The molecule has 1 aromatic carbocycles. The molecule has 0 bridgehead atoms. The molecule has 0 N–H and O–H groups in total. The van der Waals surface area contributed by atoms with E-state index in [9.17, 15) is 9.59 Å². The van der Waals surface area contributed by atoms with Crippen molar-refractivity contribution < 1.29 is 14.3 Å². The Morgan fingerprint density at radius 1 is 1.19 bits per heavy atom. The van der Waals surface area contributed by atoms with Gasteiger partial charge in [-0.15, -0.1) is 0 Å². The average Bonchev–Trinajstić information content (AvgIpc) is 3.04. The van der Waals surface area contributed by atoms with Crippen molar-refractivity contribution in [1.29, 1.82) is 0 Å². The molecule has 2 aromatic heterocycles. The van der Waals surface area contributed by atoms with E-state index in [1.165, 1.54) is 0 Å². The fraction of sp³-hybridized carbons (Fsp3) is 0.375. The first kappa shape index (κ1) is 22.1. The molecule has 2 amide bonds. The van der Waals surface area contributed by atoms with Crippen LogP contribution in [0, 0.1) is 6.92 Å². The lowest BCUT2D eigenvalue weighted by atomic mass is 10.0. The smallest absolute Gasteiger partial charge is 0.410 e. The molecule has 1 aliphatic rings. The SMILES string of the molecule is Cc1ccc2c3c(n(C(=O)N(C)c4ccnc(Cl)c4)c2c1)CCN(C(=O)OC(C)(C)C)C3. The molecule has 0 atom stereocenters. The van der Waals surface area contributed by atoms with E-state index in [2.05, 4.69) is 4.98 Å². The van der Waals surface area contributed by atoms with Gasteiger partial charge in [0.1, 0.15) is 10.8 Å². The van der Waals surface area contributed by atoms with Crippen LogP contribution < -0.4 is 4.90 Å². The third kappa shape index (κ3) is 4.17. The van der Waals surface area contributed by atoms with Crippen LogP contribution in [-0.4, -0.2) is 45.8 Å². The van der Waals surface area contributed by atoms with Crippen LogP contribution >= 0.6 is 11.6 Å². The van der Waals surface area contributed by atoms with Gasteiger partial charge in [-0.1, -0.05) is 23.7 Å². The van der Waals surface area contributed by atoms with E-state index in [-0.39, 0.29) is 12.1 Å². The van der Waals surface area contributed by atoms with Crippen molar-refractivity contribution in [3.05, 3.63) is 58.5 Å². The number of rotatable bonds is 1. The normalized spacial score (nSPS) is 13.8. The molecular weight excluding hydrogens is 428 g/mol. The third-order valence-corrected chi connectivity index (χ3v) is 5.74. The number of benzene rings is 1. The van der Waals surface area contributed by atoms with Gasteiger partial charge in [0.05, 0.1) is 12.1 Å². The Bertz CT molecular complexity index is 1210. The van der Waals surface area contributed by atoms with E-state index < -0.39 is 5.60 Å². The highest BCUT2D eigenvalue weighted by Gasteiger charge is 2.32. The average molecular weight is 455 g/mol. The van der Waals surface area contributed by atoms with Gasteiger partial charge >= 0.3 is 12.1 Å². The topological polar surface area (TPSA) is 67.7 Å². The molecule has 4 rings (SSSR count). The lowest BCUT2D eigenvalue weighted by Gasteiger charge is -2.31. The molecule has 0 fully saturated rings. The van der Waals surface area contributed by atoms with E-state index >= 15 is 0 Å². The molecule has 0 radical (unpaired) electrons. The fourth-order valence-corrected chi connectivity index (χ4v) is 4.20. The Kier molecular flexibility index (Phi) is 5.63. The molecular formula is C24H27ClN4O3. The fourth-order valence-electron chi connectivity index (χ4n) is 4.03. The maximum atomic E-state index is 13.6. The van der Waals surface area contributed by atoms with E-state index in [4.69, 9.17) is 16.3 Å². The minimum Gasteiger partial charge on any atom is -0.444 e. The van der Waals surface area contributed by atoms with Crippen molar-refractivity contribution in [2.75, 3.05) is 18.5 Å². The van der Waals surface area contributed by atoms with Crippen LogP contribution in [0.3, 0.4) is 0 Å². The van der Waals surface area contributed by atoms with Crippen molar-refractivity contribution in [2.24, 2.45) is 0 Å². The Labute approximate surface area is 192 Å². The van der Waals surface area contributed by atoms with Gasteiger partial charge in [0.2, 0.25) is 0 Å². The molecule has 1 aliphatic heterocycles. The number of anilines is 1. The van der Waals surface area contributed by atoms with E-state index in [0.29, 0.717) is 30.4 Å². The lowest BCUT2D eigenvalue weighted by Crippen LogP contribution is -2.41.